The average molecular weight is 398 g/mol. The molecule has 1 rings (SSSR count). The molecule has 2 atom stereocenters. The van der Waals surface area contributed by atoms with Crippen LogP contribution in [0.3, 0.4) is 0 Å². The maximum absolute atomic E-state index is 6.56. The molecule has 0 aromatic carbocycles. The van der Waals surface area contributed by atoms with E-state index < -0.39 is 8.32 Å². The first kappa shape index (κ1) is 17.9. The lowest BCUT2D eigenvalue weighted by molar-refractivity contribution is -0.141. The van der Waals surface area contributed by atoms with Gasteiger partial charge in [-0.3, -0.25) is 0 Å². The number of ether oxygens (including phenoxy) is 1. The lowest BCUT2D eigenvalue weighted by atomic mass is 9.74. The topological polar surface area (TPSA) is 18.5 Å². The lowest BCUT2D eigenvalue weighted by Crippen LogP contribution is -2.47. The molecule has 114 valence electrons. The molecule has 0 bridgehead atoms. The molecule has 2 nitrogen and oxygen atoms in total. The van der Waals surface area contributed by atoms with E-state index in [1.807, 2.05) is 0 Å². The largest absolute Gasteiger partial charge is 0.392 e. The van der Waals surface area contributed by atoms with Gasteiger partial charge in [0.25, 0.3) is 0 Å². The normalized spacial score (nSPS) is 30.6. The Morgan fingerprint density at radius 3 is 1.95 bits per heavy atom. The minimum atomic E-state index is -1.79. The third-order valence-corrected chi connectivity index (χ3v) is 10.4. The Morgan fingerprint density at radius 2 is 1.63 bits per heavy atom. The standard InChI is InChI=1S/C15H31IO2Si/c1-13(2,3)19(8,9)18-12-14(4,5)11(10-16)15(6,7)17-12/h11-12H,10H2,1-9H3/t11-,12?/m1/s1. The van der Waals surface area contributed by atoms with Gasteiger partial charge >= 0.3 is 0 Å². The number of hydrogen-bond donors (Lipinski definition) is 0. The molecule has 1 aliphatic rings. The van der Waals surface area contributed by atoms with Crippen molar-refractivity contribution in [1.82, 2.24) is 0 Å². The van der Waals surface area contributed by atoms with Crippen LogP contribution in [0.4, 0.5) is 0 Å². The Labute approximate surface area is 134 Å². The van der Waals surface area contributed by atoms with Crippen molar-refractivity contribution in [3.05, 3.63) is 0 Å². The van der Waals surface area contributed by atoms with Gasteiger partial charge in [-0.15, -0.1) is 0 Å². The van der Waals surface area contributed by atoms with Crippen LogP contribution in [0.1, 0.15) is 48.5 Å². The molecule has 1 heterocycles. The minimum absolute atomic E-state index is 0.0697. The van der Waals surface area contributed by atoms with Gasteiger partial charge in [-0.25, -0.2) is 0 Å². The molecule has 1 aliphatic heterocycles. The van der Waals surface area contributed by atoms with Crippen molar-refractivity contribution in [3.8, 4) is 0 Å². The highest BCUT2D eigenvalue weighted by molar-refractivity contribution is 14.1. The van der Waals surface area contributed by atoms with Gasteiger partial charge in [0.1, 0.15) is 0 Å². The fourth-order valence-corrected chi connectivity index (χ4v) is 6.01. The van der Waals surface area contributed by atoms with Crippen LogP contribution in [0.5, 0.6) is 0 Å². The average Bonchev–Trinajstić information content (AvgIpc) is 2.29. The van der Waals surface area contributed by atoms with Gasteiger partial charge in [-0.2, -0.15) is 0 Å². The van der Waals surface area contributed by atoms with Crippen LogP contribution in [0.15, 0.2) is 0 Å². The Hall–Kier alpha value is 0.867. The summed E-state index contributed by atoms with van der Waals surface area (Å²) in [6.07, 6.45) is -0.0804. The van der Waals surface area contributed by atoms with Gasteiger partial charge in [0.2, 0.25) is 0 Å². The number of rotatable bonds is 3. The summed E-state index contributed by atoms with van der Waals surface area (Å²) in [6.45, 7) is 20.4. The van der Waals surface area contributed by atoms with Crippen LogP contribution >= 0.6 is 22.6 Å². The van der Waals surface area contributed by atoms with Crippen LogP contribution in [-0.2, 0) is 9.16 Å². The molecule has 0 aromatic rings. The molecule has 19 heavy (non-hydrogen) atoms. The summed E-state index contributed by atoms with van der Waals surface area (Å²) in [5.74, 6) is 0.523. The molecule has 0 aromatic heterocycles. The third kappa shape index (κ3) is 3.38. The second-order valence-electron chi connectivity index (χ2n) is 8.46. The Balaban J connectivity index is 2.98. The monoisotopic (exact) mass is 398 g/mol. The van der Waals surface area contributed by atoms with Crippen LogP contribution in [0.25, 0.3) is 0 Å². The summed E-state index contributed by atoms with van der Waals surface area (Å²) in [5.41, 5.74) is -0.0298. The third-order valence-electron chi connectivity index (χ3n) is 5.12. The van der Waals surface area contributed by atoms with E-state index in [-0.39, 0.29) is 22.3 Å². The van der Waals surface area contributed by atoms with Crippen molar-refractivity contribution in [2.45, 2.75) is 78.5 Å². The molecule has 0 spiro atoms. The van der Waals surface area contributed by atoms with Crippen LogP contribution in [0, 0.1) is 11.3 Å². The number of halogens is 1. The molecule has 0 aliphatic carbocycles. The molecular weight excluding hydrogens is 367 g/mol. The van der Waals surface area contributed by atoms with E-state index in [1.54, 1.807) is 0 Å². The van der Waals surface area contributed by atoms with Gasteiger partial charge in [-0.1, -0.05) is 57.2 Å². The zero-order chi connectivity index (χ0) is 15.3. The number of alkyl halides is 1. The summed E-state index contributed by atoms with van der Waals surface area (Å²) in [4.78, 5) is 0. The van der Waals surface area contributed by atoms with Crippen LogP contribution < -0.4 is 0 Å². The van der Waals surface area contributed by atoms with E-state index in [0.717, 1.165) is 4.43 Å². The molecule has 4 heteroatoms. The quantitative estimate of drug-likeness (QED) is 0.369. The Bertz CT molecular complexity index is 332. The SMILES string of the molecule is CC1(C)OC(O[Si](C)(C)C(C)(C)C)C(C)(C)[C@H]1CI. The molecule has 1 saturated heterocycles. The molecular formula is C15H31IO2Si. The Morgan fingerprint density at radius 1 is 1.16 bits per heavy atom. The van der Waals surface area contributed by atoms with E-state index in [1.165, 1.54) is 0 Å². The van der Waals surface area contributed by atoms with Crippen molar-refractivity contribution in [1.29, 1.82) is 0 Å². The highest BCUT2D eigenvalue weighted by Crippen LogP contribution is 2.52. The summed E-state index contributed by atoms with van der Waals surface area (Å²) >= 11 is 2.48. The van der Waals surface area contributed by atoms with Crippen molar-refractivity contribution in [3.63, 3.8) is 0 Å². The van der Waals surface area contributed by atoms with E-state index in [2.05, 4.69) is 84.2 Å². The van der Waals surface area contributed by atoms with Crippen molar-refractivity contribution < 1.29 is 9.16 Å². The number of hydrogen-bond acceptors (Lipinski definition) is 2. The van der Waals surface area contributed by atoms with Crippen molar-refractivity contribution in [2.75, 3.05) is 4.43 Å². The van der Waals surface area contributed by atoms with Gasteiger partial charge in [0.15, 0.2) is 14.6 Å². The predicted octanol–water partition coefficient (Wildman–Crippen LogP) is 5.22. The summed E-state index contributed by atoms with van der Waals surface area (Å²) in [6, 6.07) is 0. The highest BCUT2D eigenvalue weighted by Gasteiger charge is 2.56. The minimum Gasteiger partial charge on any atom is -0.392 e. The first-order valence-corrected chi connectivity index (χ1v) is 11.6. The van der Waals surface area contributed by atoms with E-state index in [9.17, 15) is 0 Å². The fourth-order valence-electron chi connectivity index (χ4n) is 2.57. The zero-order valence-corrected chi connectivity index (χ0v) is 17.2. The smallest absolute Gasteiger partial charge is 0.195 e. The maximum Gasteiger partial charge on any atom is 0.195 e. The summed E-state index contributed by atoms with van der Waals surface area (Å²) in [5, 5.41) is 0.221. The molecule has 0 saturated carbocycles. The van der Waals surface area contributed by atoms with Crippen LogP contribution in [0.2, 0.25) is 18.1 Å². The second-order valence-corrected chi connectivity index (χ2v) is 14.1. The zero-order valence-electron chi connectivity index (χ0n) is 14.1. The van der Waals surface area contributed by atoms with Crippen molar-refractivity contribution in [2.24, 2.45) is 11.3 Å². The van der Waals surface area contributed by atoms with Gasteiger partial charge in [-0.05, 0) is 32.0 Å². The first-order chi connectivity index (χ1) is 8.25. The molecule has 0 N–H and O–H groups in total. The Kier molecular flexibility index (Phi) is 4.95. The van der Waals surface area contributed by atoms with E-state index >= 15 is 0 Å². The summed E-state index contributed by atoms with van der Waals surface area (Å²) < 4.78 is 14.0. The fraction of sp³-hybridized carbons (Fsp3) is 1.00. The first-order valence-electron chi connectivity index (χ1n) is 7.17. The molecule has 1 unspecified atom stereocenters. The maximum atomic E-state index is 6.56. The highest BCUT2D eigenvalue weighted by atomic mass is 127. The van der Waals surface area contributed by atoms with E-state index in [0.29, 0.717) is 5.92 Å². The second kappa shape index (κ2) is 5.25. The van der Waals surface area contributed by atoms with Gasteiger partial charge in [0.05, 0.1) is 5.60 Å². The molecule has 0 amide bonds. The predicted molar refractivity (Wildman–Crippen MR) is 93.4 cm³/mol. The molecule has 1 fully saturated rings. The van der Waals surface area contributed by atoms with Gasteiger partial charge < -0.3 is 9.16 Å². The van der Waals surface area contributed by atoms with E-state index in [4.69, 9.17) is 9.16 Å². The van der Waals surface area contributed by atoms with Crippen molar-refractivity contribution >= 4 is 30.9 Å². The summed E-state index contributed by atoms with van der Waals surface area (Å²) in [7, 11) is -1.79. The van der Waals surface area contributed by atoms with Gasteiger partial charge in [0, 0.05) is 15.8 Å². The lowest BCUT2D eigenvalue weighted by Gasteiger charge is -2.41. The molecule has 0 radical (unpaired) electrons. The van der Waals surface area contributed by atoms with Crippen LogP contribution in [-0.4, -0.2) is 24.6 Å².